The minimum atomic E-state index is -0.497. The smallest absolute Gasteiger partial charge is 0.363 e. The highest BCUT2D eigenvalue weighted by Gasteiger charge is 2.25. The molecule has 0 fully saturated rings. The average Bonchev–Trinajstić information content (AvgIpc) is 3.17. The van der Waals surface area contributed by atoms with E-state index in [1.165, 1.54) is 6.92 Å². The first kappa shape index (κ1) is 16.0. The third-order valence-electron chi connectivity index (χ3n) is 4.37. The lowest BCUT2D eigenvalue weighted by Crippen LogP contribution is -2.06. The Bertz CT molecular complexity index is 1120. The molecular weight excluding hydrogens is 328 g/mol. The van der Waals surface area contributed by atoms with E-state index < -0.39 is 5.97 Å². The van der Waals surface area contributed by atoms with Crippen LogP contribution in [0.2, 0.25) is 0 Å². The summed E-state index contributed by atoms with van der Waals surface area (Å²) in [5.74, 6) is -0.290. The van der Waals surface area contributed by atoms with Gasteiger partial charge in [-0.25, -0.2) is 9.79 Å². The fraction of sp³-hybridized carbons (Fsp3) is 0.0952. The van der Waals surface area contributed by atoms with Crippen molar-refractivity contribution in [3.8, 4) is 0 Å². The summed E-state index contributed by atoms with van der Waals surface area (Å²) >= 11 is 0. The predicted octanol–water partition coefficient (Wildman–Crippen LogP) is 3.95. The van der Waals surface area contributed by atoms with Gasteiger partial charge in [0.1, 0.15) is 0 Å². The Morgan fingerprint density at radius 2 is 1.85 bits per heavy atom. The third-order valence-corrected chi connectivity index (χ3v) is 4.37. The zero-order chi connectivity index (χ0) is 18.3. The Balaban J connectivity index is 1.82. The molecule has 0 spiro atoms. The summed E-state index contributed by atoms with van der Waals surface area (Å²) in [6, 6.07) is 15.1. The van der Waals surface area contributed by atoms with E-state index in [4.69, 9.17) is 4.74 Å². The van der Waals surface area contributed by atoms with Gasteiger partial charge in [-0.2, -0.15) is 0 Å². The van der Waals surface area contributed by atoms with Crippen LogP contribution in [0.1, 0.15) is 28.4 Å². The number of aryl methyl sites for hydroxylation is 1. The molecule has 0 aliphatic carbocycles. The number of aliphatic imine (C=N–C) groups is 1. The highest BCUT2D eigenvalue weighted by Crippen LogP contribution is 2.26. The van der Waals surface area contributed by atoms with Crippen molar-refractivity contribution in [3.05, 3.63) is 77.1 Å². The molecule has 0 saturated heterocycles. The van der Waals surface area contributed by atoms with Crippen LogP contribution in [0.5, 0.6) is 0 Å². The maximum absolute atomic E-state index is 12.3. The molecule has 0 atom stereocenters. The Kier molecular flexibility index (Phi) is 3.77. The molecule has 1 aromatic heterocycles. The second-order valence-electron chi connectivity index (χ2n) is 6.14. The number of carbonyl (C=O) groups is 2. The molecule has 0 N–H and O–H groups in total. The van der Waals surface area contributed by atoms with Gasteiger partial charge in [0.2, 0.25) is 11.8 Å². The maximum atomic E-state index is 12.3. The van der Waals surface area contributed by atoms with E-state index in [0.717, 1.165) is 27.6 Å². The van der Waals surface area contributed by atoms with Gasteiger partial charge in [0.15, 0.2) is 5.70 Å². The average molecular weight is 344 g/mol. The Labute approximate surface area is 150 Å². The fourth-order valence-electron chi connectivity index (χ4n) is 3.07. The van der Waals surface area contributed by atoms with Crippen LogP contribution in [0.25, 0.3) is 17.0 Å². The monoisotopic (exact) mass is 344 g/mol. The Hall–Kier alpha value is -3.47. The number of hydrogen-bond acceptors (Lipinski definition) is 4. The molecule has 128 valence electrons. The summed E-state index contributed by atoms with van der Waals surface area (Å²) in [5.41, 5.74) is 3.53. The van der Waals surface area contributed by atoms with Gasteiger partial charge in [0.05, 0.1) is 5.52 Å². The van der Waals surface area contributed by atoms with Gasteiger partial charge in [-0.15, -0.1) is 0 Å². The zero-order valence-corrected chi connectivity index (χ0v) is 14.4. The van der Waals surface area contributed by atoms with Crippen LogP contribution in [-0.2, 0) is 9.53 Å². The molecule has 1 aliphatic heterocycles. The summed E-state index contributed by atoms with van der Waals surface area (Å²) in [4.78, 5) is 28.5. The molecule has 5 nitrogen and oxygen atoms in total. The van der Waals surface area contributed by atoms with E-state index in [1.807, 2.05) is 55.5 Å². The van der Waals surface area contributed by atoms with Crippen molar-refractivity contribution in [1.82, 2.24) is 4.57 Å². The normalized spacial score (nSPS) is 15.4. The first-order chi connectivity index (χ1) is 12.5. The third kappa shape index (κ3) is 2.63. The number of carbonyl (C=O) groups excluding carboxylic acids is 2. The quantitative estimate of drug-likeness (QED) is 0.522. The minimum Gasteiger partial charge on any atom is -0.402 e. The first-order valence-corrected chi connectivity index (χ1v) is 8.24. The molecule has 1 aliphatic rings. The number of cyclic esters (lactones) is 1. The van der Waals surface area contributed by atoms with Gasteiger partial charge < -0.3 is 4.74 Å². The highest BCUT2D eigenvalue weighted by molar-refractivity contribution is 6.14. The standard InChI is InChI=1S/C21H16N2O3/c1-13-7-3-4-8-16(13)20-22-18(21(25)26-20)11-15-12-23(14(2)24)19-10-6-5-9-17(15)19/h3-12H,1-2H3/b18-11-. The van der Waals surface area contributed by atoms with Crippen molar-refractivity contribution in [3.63, 3.8) is 0 Å². The lowest BCUT2D eigenvalue weighted by molar-refractivity contribution is -0.129. The van der Waals surface area contributed by atoms with Crippen LogP contribution in [0.4, 0.5) is 0 Å². The maximum Gasteiger partial charge on any atom is 0.363 e. The lowest BCUT2D eigenvalue weighted by Gasteiger charge is -2.02. The predicted molar refractivity (Wildman–Crippen MR) is 100 cm³/mol. The van der Waals surface area contributed by atoms with Gasteiger partial charge in [-0.1, -0.05) is 36.4 Å². The van der Waals surface area contributed by atoms with Crippen LogP contribution in [0, 0.1) is 6.92 Å². The van der Waals surface area contributed by atoms with Crippen molar-refractivity contribution in [1.29, 1.82) is 0 Å². The van der Waals surface area contributed by atoms with E-state index in [-0.39, 0.29) is 11.6 Å². The van der Waals surface area contributed by atoms with Crippen LogP contribution in [0.3, 0.4) is 0 Å². The summed E-state index contributed by atoms with van der Waals surface area (Å²) in [6.45, 7) is 3.44. The summed E-state index contributed by atoms with van der Waals surface area (Å²) in [7, 11) is 0. The number of esters is 1. The van der Waals surface area contributed by atoms with Gasteiger partial charge in [0, 0.05) is 29.6 Å². The number of benzene rings is 2. The molecule has 0 bridgehead atoms. The van der Waals surface area contributed by atoms with Gasteiger partial charge in [-0.05, 0) is 30.7 Å². The summed E-state index contributed by atoms with van der Waals surface area (Å²) in [5, 5.41) is 0.877. The number of para-hydroxylation sites is 1. The number of nitrogens with zero attached hydrogens (tertiary/aromatic N) is 2. The van der Waals surface area contributed by atoms with Crippen LogP contribution < -0.4 is 0 Å². The van der Waals surface area contributed by atoms with Crippen molar-refractivity contribution in [2.45, 2.75) is 13.8 Å². The molecule has 2 aromatic carbocycles. The topological polar surface area (TPSA) is 60.7 Å². The molecule has 0 saturated carbocycles. The number of rotatable bonds is 2. The van der Waals surface area contributed by atoms with Gasteiger partial charge in [-0.3, -0.25) is 9.36 Å². The van der Waals surface area contributed by atoms with Crippen molar-refractivity contribution >= 4 is 34.8 Å². The van der Waals surface area contributed by atoms with Crippen LogP contribution >= 0.6 is 0 Å². The fourth-order valence-corrected chi connectivity index (χ4v) is 3.07. The van der Waals surface area contributed by atoms with E-state index in [9.17, 15) is 9.59 Å². The number of fused-ring (bicyclic) bond motifs is 1. The number of aromatic nitrogens is 1. The highest BCUT2D eigenvalue weighted by atomic mass is 16.6. The van der Waals surface area contributed by atoms with E-state index in [1.54, 1.807) is 16.8 Å². The van der Waals surface area contributed by atoms with E-state index in [0.29, 0.717) is 5.90 Å². The molecule has 0 unspecified atom stereocenters. The van der Waals surface area contributed by atoms with Crippen molar-refractivity contribution < 1.29 is 14.3 Å². The first-order valence-electron chi connectivity index (χ1n) is 8.24. The summed E-state index contributed by atoms with van der Waals surface area (Å²) < 4.78 is 6.91. The lowest BCUT2D eigenvalue weighted by atomic mass is 10.1. The van der Waals surface area contributed by atoms with Crippen LogP contribution in [0.15, 0.2) is 65.4 Å². The molecule has 4 rings (SSSR count). The molecule has 0 radical (unpaired) electrons. The van der Waals surface area contributed by atoms with E-state index >= 15 is 0 Å². The van der Waals surface area contributed by atoms with Gasteiger partial charge >= 0.3 is 5.97 Å². The van der Waals surface area contributed by atoms with E-state index in [2.05, 4.69) is 4.99 Å². The number of hydrogen-bond donors (Lipinski definition) is 0. The van der Waals surface area contributed by atoms with Gasteiger partial charge in [0.25, 0.3) is 0 Å². The molecule has 5 heteroatoms. The molecular formula is C21H16N2O3. The molecule has 26 heavy (non-hydrogen) atoms. The summed E-state index contributed by atoms with van der Waals surface area (Å²) in [6.07, 6.45) is 3.38. The molecule has 3 aromatic rings. The second-order valence-corrected chi connectivity index (χ2v) is 6.14. The van der Waals surface area contributed by atoms with Crippen molar-refractivity contribution in [2.24, 2.45) is 4.99 Å². The Morgan fingerprint density at radius 1 is 1.12 bits per heavy atom. The largest absolute Gasteiger partial charge is 0.402 e. The Morgan fingerprint density at radius 3 is 2.62 bits per heavy atom. The molecule has 2 heterocycles. The number of ether oxygens (including phenoxy) is 1. The van der Waals surface area contributed by atoms with Crippen LogP contribution in [-0.4, -0.2) is 22.3 Å². The molecule has 0 amide bonds. The SMILES string of the molecule is CC(=O)n1cc(/C=C2\N=C(c3ccccc3C)OC2=O)c2ccccc21. The van der Waals surface area contributed by atoms with Crippen molar-refractivity contribution in [2.75, 3.05) is 0 Å². The second kappa shape index (κ2) is 6.11. The minimum absolute atomic E-state index is 0.0936. The zero-order valence-electron chi connectivity index (χ0n) is 14.4.